The second kappa shape index (κ2) is 5.84. The molecule has 0 radical (unpaired) electrons. The van der Waals surface area contributed by atoms with Crippen molar-refractivity contribution in [3.8, 4) is 0 Å². The van der Waals surface area contributed by atoms with Crippen molar-refractivity contribution >= 4 is 34.8 Å². The van der Waals surface area contributed by atoms with Crippen LogP contribution in [0.2, 0.25) is 0 Å². The van der Waals surface area contributed by atoms with E-state index in [9.17, 15) is 9.59 Å². The Balaban J connectivity index is 2.06. The Morgan fingerprint density at radius 2 is 2.05 bits per heavy atom. The summed E-state index contributed by atoms with van der Waals surface area (Å²) < 4.78 is 0. The van der Waals surface area contributed by atoms with Gasteiger partial charge in [0.25, 0.3) is 0 Å². The summed E-state index contributed by atoms with van der Waals surface area (Å²) in [4.78, 5) is 22.4. The van der Waals surface area contributed by atoms with Gasteiger partial charge in [0.1, 0.15) is 5.38 Å². The van der Waals surface area contributed by atoms with Crippen molar-refractivity contribution in [2.75, 3.05) is 5.32 Å². The number of hydrogen-bond donors (Lipinski definition) is 2. The van der Waals surface area contributed by atoms with E-state index >= 15 is 0 Å². The second-order valence-electron chi connectivity index (χ2n) is 4.28. The van der Waals surface area contributed by atoms with Crippen molar-refractivity contribution in [2.24, 2.45) is 5.10 Å². The normalized spacial score (nSPS) is 16.3. The first-order valence-electron chi connectivity index (χ1n) is 5.97. The van der Waals surface area contributed by atoms with Crippen LogP contribution >= 0.6 is 11.6 Å². The number of hydrogen-bond acceptors (Lipinski definition) is 3. The number of carbonyl (C=O) groups is 2. The molecule has 0 aromatic heterocycles. The molecular weight excluding hydrogens is 266 g/mol. The van der Waals surface area contributed by atoms with Crippen LogP contribution in [0.5, 0.6) is 0 Å². The third-order valence-corrected chi connectivity index (χ3v) is 2.95. The predicted molar refractivity (Wildman–Crippen MR) is 74.3 cm³/mol. The molecule has 2 N–H and O–H groups in total. The number of benzene rings is 1. The van der Waals surface area contributed by atoms with Crippen molar-refractivity contribution in [3.63, 3.8) is 0 Å². The van der Waals surface area contributed by atoms with Gasteiger partial charge in [0.2, 0.25) is 11.8 Å². The summed E-state index contributed by atoms with van der Waals surface area (Å²) in [6, 6.07) is 7.27. The Labute approximate surface area is 116 Å². The van der Waals surface area contributed by atoms with E-state index in [-0.39, 0.29) is 11.8 Å². The quantitative estimate of drug-likeness (QED) is 0.829. The lowest BCUT2D eigenvalue weighted by atomic mass is 10.0. The van der Waals surface area contributed by atoms with E-state index in [2.05, 4.69) is 15.8 Å². The van der Waals surface area contributed by atoms with E-state index in [0.29, 0.717) is 18.5 Å². The van der Waals surface area contributed by atoms with E-state index in [4.69, 9.17) is 11.6 Å². The third-order valence-electron chi connectivity index (χ3n) is 2.75. The van der Waals surface area contributed by atoms with E-state index in [1.165, 1.54) is 0 Å². The Morgan fingerprint density at radius 1 is 1.37 bits per heavy atom. The molecule has 0 aliphatic carbocycles. The molecule has 19 heavy (non-hydrogen) atoms. The summed E-state index contributed by atoms with van der Waals surface area (Å²) in [7, 11) is 0. The lowest BCUT2D eigenvalue weighted by molar-refractivity contribution is -0.121. The van der Waals surface area contributed by atoms with Crippen molar-refractivity contribution in [2.45, 2.75) is 25.1 Å². The predicted octanol–water partition coefficient (Wildman–Crippen LogP) is 1.87. The molecule has 0 saturated carbocycles. The molecule has 1 heterocycles. The highest BCUT2D eigenvalue weighted by molar-refractivity contribution is 6.32. The maximum absolute atomic E-state index is 11.4. The van der Waals surface area contributed by atoms with Crippen LogP contribution in [0.1, 0.15) is 25.3 Å². The van der Waals surface area contributed by atoms with Crippen LogP contribution in [0.4, 0.5) is 5.69 Å². The van der Waals surface area contributed by atoms with Gasteiger partial charge < -0.3 is 5.32 Å². The molecule has 100 valence electrons. The van der Waals surface area contributed by atoms with E-state index in [1.54, 1.807) is 19.1 Å². The third kappa shape index (κ3) is 3.54. The van der Waals surface area contributed by atoms with Gasteiger partial charge in [-0.15, -0.1) is 11.6 Å². The van der Waals surface area contributed by atoms with Crippen LogP contribution in [-0.4, -0.2) is 22.9 Å². The van der Waals surface area contributed by atoms with Crippen LogP contribution in [0.25, 0.3) is 0 Å². The van der Waals surface area contributed by atoms with Crippen LogP contribution in [0.3, 0.4) is 0 Å². The number of rotatable bonds is 3. The smallest absolute Gasteiger partial charge is 0.242 e. The lowest BCUT2D eigenvalue weighted by Crippen LogP contribution is -2.25. The lowest BCUT2D eigenvalue weighted by Gasteiger charge is -2.12. The molecule has 0 spiro atoms. The second-order valence-corrected chi connectivity index (χ2v) is 4.93. The van der Waals surface area contributed by atoms with Crippen molar-refractivity contribution in [1.29, 1.82) is 0 Å². The van der Waals surface area contributed by atoms with Gasteiger partial charge in [-0.3, -0.25) is 9.59 Å². The highest BCUT2D eigenvalue weighted by atomic mass is 35.5. The maximum Gasteiger partial charge on any atom is 0.242 e. The van der Waals surface area contributed by atoms with Crippen molar-refractivity contribution < 1.29 is 9.59 Å². The highest BCUT2D eigenvalue weighted by Gasteiger charge is 2.13. The minimum atomic E-state index is -0.572. The SMILES string of the molecule is CC(Cl)C(=O)Nc1ccc(C2=NNC(=O)CC2)cc1. The van der Waals surface area contributed by atoms with E-state index in [0.717, 1.165) is 11.3 Å². The Kier molecular flexibility index (Phi) is 4.16. The maximum atomic E-state index is 11.4. The van der Waals surface area contributed by atoms with Crippen LogP contribution in [0, 0.1) is 0 Å². The van der Waals surface area contributed by atoms with Crippen LogP contribution in [0.15, 0.2) is 29.4 Å². The molecule has 1 atom stereocenters. The summed E-state index contributed by atoms with van der Waals surface area (Å²) in [5.74, 6) is -0.305. The molecule has 6 heteroatoms. The zero-order chi connectivity index (χ0) is 13.8. The highest BCUT2D eigenvalue weighted by Crippen LogP contribution is 2.14. The molecule has 1 aromatic carbocycles. The van der Waals surface area contributed by atoms with Gasteiger partial charge in [0, 0.05) is 18.5 Å². The van der Waals surface area contributed by atoms with Gasteiger partial charge in [-0.2, -0.15) is 5.10 Å². The molecule has 2 amide bonds. The van der Waals surface area contributed by atoms with Gasteiger partial charge in [-0.25, -0.2) is 5.43 Å². The number of nitrogens with one attached hydrogen (secondary N) is 2. The van der Waals surface area contributed by atoms with Gasteiger partial charge in [0.15, 0.2) is 0 Å². The summed E-state index contributed by atoms with van der Waals surface area (Å²) in [6.45, 7) is 1.62. The molecule has 0 fully saturated rings. The zero-order valence-corrected chi connectivity index (χ0v) is 11.2. The average Bonchev–Trinajstić information content (AvgIpc) is 2.40. The molecule has 1 aromatic rings. The summed E-state index contributed by atoms with van der Waals surface area (Å²) >= 11 is 5.67. The van der Waals surface area contributed by atoms with Crippen LogP contribution in [-0.2, 0) is 9.59 Å². The number of anilines is 1. The standard InChI is InChI=1S/C13H14ClN3O2/c1-8(14)13(19)15-10-4-2-9(3-5-10)11-6-7-12(18)17-16-11/h2-5,8H,6-7H2,1H3,(H,15,19)(H,17,18). The fourth-order valence-corrected chi connectivity index (χ4v) is 1.72. The zero-order valence-electron chi connectivity index (χ0n) is 10.4. The number of amides is 2. The Morgan fingerprint density at radius 3 is 2.58 bits per heavy atom. The topological polar surface area (TPSA) is 70.6 Å². The van der Waals surface area contributed by atoms with Crippen molar-refractivity contribution in [3.05, 3.63) is 29.8 Å². The van der Waals surface area contributed by atoms with Gasteiger partial charge in [-0.1, -0.05) is 12.1 Å². The monoisotopic (exact) mass is 279 g/mol. The van der Waals surface area contributed by atoms with Gasteiger partial charge in [0.05, 0.1) is 5.71 Å². The number of alkyl halides is 1. The molecule has 1 aliphatic rings. The van der Waals surface area contributed by atoms with Crippen LogP contribution < -0.4 is 10.7 Å². The minimum absolute atomic E-state index is 0.0660. The van der Waals surface area contributed by atoms with E-state index < -0.39 is 5.38 Å². The Hall–Kier alpha value is -1.88. The first-order valence-corrected chi connectivity index (χ1v) is 6.40. The van der Waals surface area contributed by atoms with Gasteiger partial charge >= 0.3 is 0 Å². The summed E-state index contributed by atoms with van der Waals surface area (Å²) in [5, 5.41) is 6.13. The molecule has 1 aliphatic heterocycles. The number of nitrogens with zero attached hydrogens (tertiary/aromatic N) is 1. The summed E-state index contributed by atoms with van der Waals surface area (Å²) in [5.41, 5.74) is 4.90. The average molecular weight is 280 g/mol. The first kappa shape index (κ1) is 13.5. The van der Waals surface area contributed by atoms with Crippen molar-refractivity contribution in [1.82, 2.24) is 5.43 Å². The molecular formula is C13H14ClN3O2. The molecule has 0 bridgehead atoms. The fourth-order valence-electron chi connectivity index (χ4n) is 1.67. The minimum Gasteiger partial charge on any atom is -0.325 e. The van der Waals surface area contributed by atoms with Gasteiger partial charge in [-0.05, 0) is 24.6 Å². The fraction of sp³-hybridized carbons (Fsp3) is 0.308. The molecule has 0 saturated heterocycles. The Bertz CT molecular complexity index is 523. The number of carbonyl (C=O) groups excluding carboxylic acids is 2. The molecule has 1 unspecified atom stereocenters. The van der Waals surface area contributed by atoms with E-state index in [1.807, 2.05) is 12.1 Å². The molecule has 2 rings (SSSR count). The first-order chi connectivity index (χ1) is 9.06. The number of halogens is 1. The molecule has 5 nitrogen and oxygen atoms in total. The largest absolute Gasteiger partial charge is 0.325 e. The number of hydrazone groups is 1. The summed E-state index contributed by atoms with van der Waals surface area (Å²) in [6.07, 6.45) is 1.07.